The Morgan fingerprint density at radius 3 is 3.00 bits per heavy atom. The summed E-state index contributed by atoms with van der Waals surface area (Å²) in [5.74, 6) is 0.364. The third kappa shape index (κ3) is 2.07. The van der Waals surface area contributed by atoms with Crippen LogP contribution in [-0.2, 0) is 11.2 Å². The third-order valence-electron chi connectivity index (χ3n) is 2.81. The molecule has 4 heteroatoms. The summed E-state index contributed by atoms with van der Waals surface area (Å²) in [5, 5.41) is 1.16. The zero-order valence-corrected chi connectivity index (χ0v) is 10.3. The van der Waals surface area contributed by atoms with Gasteiger partial charge in [0.25, 0.3) is 0 Å². The summed E-state index contributed by atoms with van der Waals surface area (Å²) < 4.78 is 5.78. The van der Waals surface area contributed by atoms with E-state index in [2.05, 4.69) is 25.8 Å². The maximum absolute atomic E-state index is 5.78. The number of fused-ring (bicyclic) bond motifs is 1. The van der Waals surface area contributed by atoms with Crippen molar-refractivity contribution in [1.29, 1.82) is 0 Å². The topological polar surface area (TPSA) is 48.1 Å². The van der Waals surface area contributed by atoms with Crippen LogP contribution in [0, 0.1) is 0 Å². The maximum atomic E-state index is 5.78. The zero-order chi connectivity index (χ0) is 11.0. The van der Waals surface area contributed by atoms with Crippen molar-refractivity contribution in [3.05, 3.63) is 15.6 Å². The first-order valence-electron chi connectivity index (χ1n) is 5.46. The van der Waals surface area contributed by atoms with Crippen LogP contribution in [0.3, 0.4) is 0 Å². The lowest BCUT2D eigenvalue weighted by Crippen LogP contribution is -2.20. The second-order valence-electron chi connectivity index (χ2n) is 4.29. The van der Waals surface area contributed by atoms with Crippen LogP contribution >= 0.6 is 11.3 Å². The maximum Gasteiger partial charge on any atom is 0.0972 e. The van der Waals surface area contributed by atoms with Gasteiger partial charge in [0.1, 0.15) is 0 Å². The lowest BCUT2D eigenvalue weighted by Gasteiger charge is -2.23. The fraction of sp³-hybridized carbons (Fsp3) is 0.727. The van der Waals surface area contributed by atoms with Gasteiger partial charge in [-0.05, 0) is 13.8 Å². The molecule has 0 amide bonds. The van der Waals surface area contributed by atoms with Crippen LogP contribution in [0.2, 0.25) is 0 Å². The molecule has 1 aliphatic heterocycles. The molecule has 0 fully saturated rings. The van der Waals surface area contributed by atoms with Crippen molar-refractivity contribution >= 4 is 11.3 Å². The molecule has 1 aromatic heterocycles. The molecule has 3 unspecified atom stereocenters. The third-order valence-corrected chi connectivity index (χ3v) is 4.30. The lowest BCUT2D eigenvalue weighted by atomic mass is 10.1. The second-order valence-corrected chi connectivity index (χ2v) is 5.36. The summed E-state index contributed by atoms with van der Waals surface area (Å²) in [4.78, 5) is 5.98. The van der Waals surface area contributed by atoms with Crippen LogP contribution in [-0.4, -0.2) is 17.6 Å². The van der Waals surface area contributed by atoms with Gasteiger partial charge < -0.3 is 10.5 Å². The van der Waals surface area contributed by atoms with Crippen LogP contribution in [0.5, 0.6) is 0 Å². The van der Waals surface area contributed by atoms with Crippen molar-refractivity contribution < 1.29 is 4.74 Å². The van der Waals surface area contributed by atoms with E-state index in [1.165, 1.54) is 10.6 Å². The van der Waals surface area contributed by atoms with Gasteiger partial charge in [-0.1, -0.05) is 6.92 Å². The number of nitrogens with two attached hydrogens (primary N) is 1. The number of rotatable bonds is 2. The Balaban J connectivity index is 2.30. The Morgan fingerprint density at radius 1 is 1.60 bits per heavy atom. The van der Waals surface area contributed by atoms with Gasteiger partial charge in [0.2, 0.25) is 0 Å². The predicted molar refractivity (Wildman–Crippen MR) is 62.2 cm³/mol. The van der Waals surface area contributed by atoms with Gasteiger partial charge >= 0.3 is 0 Å². The normalized spacial score (nSPS) is 27.5. The molecule has 2 N–H and O–H groups in total. The lowest BCUT2D eigenvalue weighted by molar-refractivity contribution is -0.00318. The number of thiazole rings is 1. The van der Waals surface area contributed by atoms with E-state index in [1.54, 1.807) is 11.3 Å². The summed E-state index contributed by atoms with van der Waals surface area (Å²) in [6.45, 7) is 6.99. The van der Waals surface area contributed by atoms with Gasteiger partial charge in [0, 0.05) is 18.9 Å². The van der Waals surface area contributed by atoms with E-state index in [9.17, 15) is 0 Å². The molecule has 0 aliphatic carbocycles. The highest BCUT2D eigenvalue weighted by atomic mass is 32.1. The summed E-state index contributed by atoms with van der Waals surface area (Å²) in [7, 11) is 0. The highest BCUT2D eigenvalue weighted by Gasteiger charge is 2.26. The molecule has 0 radical (unpaired) electrons. The van der Waals surface area contributed by atoms with Crippen molar-refractivity contribution in [1.82, 2.24) is 4.98 Å². The highest BCUT2D eigenvalue weighted by molar-refractivity contribution is 7.11. The molecule has 0 aromatic carbocycles. The number of ether oxygens (including phenoxy) is 1. The molecule has 3 nitrogen and oxygen atoms in total. The van der Waals surface area contributed by atoms with E-state index in [0.717, 1.165) is 11.4 Å². The van der Waals surface area contributed by atoms with E-state index in [0.29, 0.717) is 12.5 Å². The standard InChI is InChI=1S/C11H18N2OS/c1-6(5-12)11-13-9-4-7(2)14-8(3)10(9)15-11/h6-8H,4-5,12H2,1-3H3. The van der Waals surface area contributed by atoms with Crippen LogP contribution in [0.1, 0.15) is 48.4 Å². The van der Waals surface area contributed by atoms with Gasteiger partial charge in [-0.2, -0.15) is 0 Å². The first-order valence-corrected chi connectivity index (χ1v) is 6.28. The van der Waals surface area contributed by atoms with E-state index in [-0.39, 0.29) is 12.2 Å². The van der Waals surface area contributed by atoms with Gasteiger partial charge in [-0.3, -0.25) is 0 Å². The molecule has 0 saturated carbocycles. The smallest absolute Gasteiger partial charge is 0.0972 e. The molecule has 2 heterocycles. The summed E-state index contributed by atoms with van der Waals surface area (Å²) >= 11 is 1.76. The van der Waals surface area contributed by atoms with Crippen molar-refractivity contribution in [3.8, 4) is 0 Å². The first kappa shape index (κ1) is 11.0. The van der Waals surface area contributed by atoms with E-state index in [1.807, 2.05) is 0 Å². The largest absolute Gasteiger partial charge is 0.370 e. The molecule has 0 saturated heterocycles. The molecule has 1 aliphatic rings. The van der Waals surface area contributed by atoms with Crippen molar-refractivity contribution in [3.63, 3.8) is 0 Å². The van der Waals surface area contributed by atoms with E-state index >= 15 is 0 Å². The minimum Gasteiger partial charge on any atom is -0.370 e. The molecule has 3 atom stereocenters. The molecule has 15 heavy (non-hydrogen) atoms. The second kappa shape index (κ2) is 4.20. The average molecular weight is 226 g/mol. The zero-order valence-electron chi connectivity index (χ0n) is 9.49. The molecule has 2 rings (SSSR count). The quantitative estimate of drug-likeness (QED) is 0.841. The minimum atomic E-state index is 0.194. The SMILES string of the molecule is CC1Cc2nc(C(C)CN)sc2C(C)O1. The Morgan fingerprint density at radius 2 is 2.33 bits per heavy atom. The fourth-order valence-corrected chi connectivity index (χ4v) is 3.04. The predicted octanol–water partition coefficient (Wildman–Crippen LogP) is 2.23. The van der Waals surface area contributed by atoms with Gasteiger partial charge in [-0.15, -0.1) is 11.3 Å². The Labute approximate surface area is 94.7 Å². The number of hydrogen-bond donors (Lipinski definition) is 1. The molecular formula is C11H18N2OS. The summed E-state index contributed by atoms with van der Waals surface area (Å²) in [5.41, 5.74) is 6.88. The molecule has 1 aromatic rings. The van der Waals surface area contributed by atoms with E-state index < -0.39 is 0 Å². The summed E-state index contributed by atoms with van der Waals surface area (Å²) in [6.07, 6.45) is 1.42. The number of nitrogens with zero attached hydrogens (tertiary/aromatic N) is 1. The van der Waals surface area contributed by atoms with Gasteiger partial charge in [0.05, 0.1) is 27.8 Å². The fourth-order valence-electron chi connectivity index (χ4n) is 1.89. The van der Waals surface area contributed by atoms with Crippen LogP contribution < -0.4 is 5.73 Å². The highest BCUT2D eigenvalue weighted by Crippen LogP contribution is 2.36. The van der Waals surface area contributed by atoms with Gasteiger partial charge in [-0.25, -0.2) is 4.98 Å². The van der Waals surface area contributed by atoms with Crippen molar-refractivity contribution in [2.24, 2.45) is 5.73 Å². The van der Waals surface area contributed by atoms with Crippen LogP contribution in [0.15, 0.2) is 0 Å². The molecule has 0 spiro atoms. The monoisotopic (exact) mass is 226 g/mol. The Kier molecular flexibility index (Phi) is 3.09. The van der Waals surface area contributed by atoms with Gasteiger partial charge in [0.15, 0.2) is 0 Å². The Bertz CT molecular complexity index is 350. The molecular weight excluding hydrogens is 208 g/mol. The summed E-state index contributed by atoms with van der Waals surface area (Å²) in [6, 6.07) is 0. The first-order chi connectivity index (χ1) is 7.11. The molecule has 0 bridgehead atoms. The number of hydrogen-bond acceptors (Lipinski definition) is 4. The Hall–Kier alpha value is -0.450. The number of aromatic nitrogens is 1. The van der Waals surface area contributed by atoms with Crippen LogP contribution in [0.25, 0.3) is 0 Å². The van der Waals surface area contributed by atoms with Crippen molar-refractivity contribution in [2.45, 2.75) is 45.3 Å². The average Bonchev–Trinajstić information content (AvgIpc) is 2.60. The van der Waals surface area contributed by atoms with Crippen molar-refractivity contribution in [2.75, 3.05) is 6.54 Å². The minimum absolute atomic E-state index is 0.194. The van der Waals surface area contributed by atoms with Crippen LogP contribution in [0.4, 0.5) is 0 Å². The van der Waals surface area contributed by atoms with E-state index in [4.69, 9.17) is 10.5 Å². The molecule has 84 valence electrons.